The number of aliphatic hydroxyl groups is 1. The van der Waals surface area contributed by atoms with Crippen LogP contribution in [-0.2, 0) is 32.1 Å². The van der Waals surface area contributed by atoms with Gasteiger partial charge in [-0.3, -0.25) is 14.4 Å². The molecule has 45 heavy (non-hydrogen) atoms. The molecule has 2 aromatic carbocycles. The number of benzene rings is 2. The number of aliphatic hydroxyl groups excluding tert-OH is 1. The van der Waals surface area contributed by atoms with E-state index in [1.165, 1.54) is 0 Å². The predicted octanol–water partition coefficient (Wildman–Crippen LogP) is 4.38. The van der Waals surface area contributed by atoms with Crippen molar-refractivity contribution < 1.29 is 24.2 Å². The fraction of sp³-hybridized carbons (Fsp3) is 0.486. The van der Waals surface area contributed by atoms with Crippen LogP contribution in [0.2, 0.25) is 0 Å². The van der Waals surface area contributed by atoms with Crippen LogP contribution in [-0.4, -0.2) is 87.1 Å². The molecule has 3 amide bonds. The first-order valence-electron chi connectivity index (χ1n) is 16.3. The Bertz CT molecular complexity index is 1370. The zero-order valence-corrected chi connectivity index (χ0v) is 26.6. The molecule has 0 radical (unpaired) electrons. The molecule has 240 valence electrons. The average molecular weight is 614 g/mol. The Morgan fingerprint density at radius 2 is 1.69 bits per heavy atom. The van der Waals surface area contributed by atoms with E-state index < -0.39 is 35.6 Å². The molecule has 3 aliphatic heterocycles. The maximum atomic E-state index is 14.8. The second-order valence-corrected chi connectivity index (χ2v) is 12.7. The summed E-state index contributed by atoms with van der Waals surface area (Å²) in [5, 5.41) is 10.8. The fourth-order valence-corrected chi connectivity index (χ4v) is 7.94. The summed E-state index contributed by atoms with van der Waals surface area (Å²) in [5.41, 5.74) is 0.777. The molecule has 2 bridgehead atoms. The lowest BCUT2D eigenvalue weighted by molar-refractivity contribution is -0.153. The summed E-state index contributed by atoms with van der Waals surface area (Å²) in [7, 11) is 0. The molecule has 5 rings (SSSR count). The molecule has 3 fully saturated rings. The molecule has 3 heterocycles. The lowest BCUT2D eigenvalue weighted by atomic mass is 9.70. The molecule has 8 nitrogen and oxygen atoms in total. The third kappa shape index (κ3) is 6.10. The summed E-state index contributed by atoms with van der Waals surface area (Å²) in [6, 6.07) is 17.7. The van der Waals surface area contributed by atoms with Gasteiger partial charge in [0.15, 0.2) is 0 Å². The van der Waals surface area contributed by atoms with E-state index in [1.54, 1.807) is 26.9 Å². The molecule has 0 saturated carbocycles. The zero-order valence-electron chi connectivity index (χ0n) is 26.6. The van der Waals surface area contributed by atoms with Crippen molar-refractivity contribution in [1.29, 1.82) is 0 Å². The molecule has 1 spiro atoms. The lowest BCUT2D eigenvalue weighted by Gasteiger charge is -2.41. The van der Waals surface area contributed by atoms with Crippen molar-refractivity contribution in [3.8, 4) is 0 Å². The van der Waals surface area contributed by atoms with Gasteiger partial charge in [-0.25, -0.2) is 0 Å². The van der Waals surface area contributed by atoms with Crippen molar-refractivity contribution >= 4 is 17.7 Å². The molecule has 7 atom stereocenters. The number of fused-ring (bicyclic) bond motifs is 1. The van der Waals surface area contributed by atoms with Gasteiger partial charge in [0.1, 0.15) is 11.6 Å². The number of carbonyl (C=O) groups is 3. The number of nitrogens with zero attached hydrogens (tertiary/aromatic N) is 3. The molecule has 1 N–H and O–H groups in total. The van der Waals surface area contributed by atoms with Gasteiger partial charge in [-0.2, -0.15) is 0 Å². The van der Waals surface area contributed by atoms with Crippen LogP contribution in [0.15, 0.2) is 86.0 Å². The van der Waals surface area contributed by atoms with Gasteiger partial charge < -0.3 is 24.5 Å². The SMILES string of the molecule is C=CCN(Cc1ccccc1)C(=O)[C@@H]1[C@@H]2CCC3(O2)C(C(=O)N(CC=C)C(C)CCC)N([C@@H](CO)Cc2ccccc2)C(=O)[C@H]13. The van der Waals surface area contributed by atoms with E-state index >= 15 is 0 Å². The Morgan fingerprint density at radius 3 is 2.29 bits per heavy atom. The molecular weight excluding hydrogens is 566 g/mol. The van der Waals surface area contributed by atoms with E-state index in [0.29, 0.717) is 38.9 Å². The third-order valence-corrected chi connectivity index (χ3v) is 9.90. The minimum Gasteiger partial charge on any atom is -0.394 e. The monoisotopic (exact) mass is 613 g/mol. The first-order valence-corrected chi connectivity index (χ1v) is 16.3. The van der Waals surface area contributed by atoms with Crippen LogP contribution in [0, 0.1) is 11.8 Å². The van der Waals surface area contributed by atoms with Gasteiger partial charge in [0, 0.05) is 25.7 Å². The Kier molecular flexibility index (Phi) is 10.2. The van der Waals surface area contributed by atoms with E-state index in [9.17, 15) is 19.5 Å². The summed E-state index contributed by atoms with van der Waals surface area (Å²) in [6.45, 7) is 12.6. The number of amides is 3. The fourth-order valence-electron chi connectivity index (χ4n) is 7.94. The average Bonchev–Trinajstić information content (AvgIpc) is 3.70. The Hall–Kier alpha value is -3.75. The van der Waals surface area contributed by atoms with Crippen LogP contribution in [0.25, 0.3) is 0 Å². The number of hydrogen-bond acceptors (Lipinski definition) is 5. The Balaban J connectivity index is 1.56. The van der Waals surface area contributed by atoms with Gasteiger partial charge in [-0.05, 0) is 43.7 Å². The summed E-state index contributed by atoms with van der Waals surface area (Å²) in [5.74, 6) is -2.21. The largest absolute Gasteiger partial charge is 0.394 e. The zero-order chi connectivity index (χ0) is 32.1. The molecule has 0 aromatic heterocycles. The first-order chi connectivity index (χ1) is 21.8. The topological polar surface area (TPSA) is 90.4 Å². The number of likely N-dealkylation sites (tertiary alicyclic amines) is 1. The second-order valence-electron chi connectivity index (χ2n) is 12.7. The smallest absolute Gasteiger partial charge is 0.248 e. The summed E-state index contributed by atoms with van der Waals surface area (Å²) in [4.78, 5) is 49.1. The van der Waals surface area contributed by atoms with Crippen molar-refractivity contribution in [3.63, 3.8) is 0 Å². The lowest BCUT2D eigenvalue weighted by Crippen LogP contribution is -2.60. The van der Waals surface area contributed by atoms with Crippen molar-refractivity contribution in [2.45, 2.75) is 82.3 Å². The van der Waals surface area contributed by atoms with Crippen molar-refractivity contribution in [2.75, 3.05) is 19.7 Å². The van der Waals surface area contributed by atoms with Crippen LogP contribution >= 0.6 is 0 Å². The minimum absolute atomic E-state index is 0.0837. The minimum atomic E-state index is -1.15. The molecule has 3 unspecified atom stereocenters. The number of ether oxygens (including phenoxy) is 1. The highest BCUT2D eigenvalue weighted by atomic mass is 16.5. The summed E-state index contributed by atoms with van der Waals surface area (Å²) in [6.07, 6.45) is 6.09. The summed E-state index contributed by atoms with van der Waals surface area (Å²) >= 11 is 0. The second kappa shape index (κ2) is 14.1. The quantitative estimate of drug-likeness (QED) is 0.301. The van der Waals surface area contributed by atoms with Crippen molar-refractivity contribution in [1.82, 2.24) is 14.7 Å². The van der Waals surface area contributed by atoms with E-state index in [2.05, 4.69) is 20.1 Å². The van der Waals surface area contributed by atoms with E-state index in [1.807, 2.05) is 67.6 Å². The van der Waals surface area contributed by atoms with Crippen LogP contribution < -0.4 is 0 Å². The molecule has 3 aliphatic rings. The highest BCUT2D eigenvalue weighted by molar-refractivity contribution is 5.99. The molecular formula is C37H47N3O5. The number of rotatable bonds is 15. The van der Waals surface area contributed by atoms with E-state index in [-0.39, 0.29) is 30.4 Å². The predicted molar refractivity (Wildman–Crippen MR) is 174 cm³/mol. The highest BCUT2D eigenvalue weighted by Gasteiger charge is 2.75. The maximum Gasteiger partial charge on any atom is 0.248 e. The standard InChI is InChI=1S/C37H47N3O5/c1-5-14-26(4)39(22-7-3)36(44)33-37-20-19-30(45-37)31(34(42)38(21-6-2)24-28-17-12-9-13-18-28)32(37)35(43)40(33)29(25-41)23-27-15-10-8-11-16-27/h6-13,15-18,26,29-33,41H,2-3,5,14,19-25H2,1,4H3/t26?,29-,30+,31-,32+,33?,37?/m1/s1. The number of hydrogen-bond donors (Lipinski definition) is 1. The van der Waals surface area contributed by atoms with Crippen molar-refractivity contribution in [3.05, 3.63) is 97.1 Å². The van der Waals surface area contributed by atoms with Crippen LogP contribution in [0.5, 0.6) is 0 Å². The van der Waals surface area contributed by atoms with Gasteiger partial charge in [0.05, 0.1) is 30.6 Å². The summed E-state index contributed by atoms with van der Waals surface area (Å²) < 4.78 is 6.75. The third-order valence-electron chi connectivity index (χ3n) is 9.90. The van der Waals surface area contributed by atoms with Gasteiger partial charge in [-0.15, -0.1) is 13.2 Å². The first kappa shape index (κ1) is 32.6. The molecule has 3 saturated heterocycles. The van der Waals surface area contributed by atoms with Gasteiger partial charge in [0.25, 0.3) is 0 Å². The Labute approximate surface area is 267 Å². The van der Waals surface area contributed by atoms with E-state index in [0.717, 1.165) is 24.0 Å². The van der Waals surface area contributed by atoms with Crippen LogP contribution in [0.3, 0.4) is 0 Å². The number of carbonyl (C=O) groups excluding carboxylic acids is 3. The van der Waals surface area contributed by atoms with Crippen LogP contribution in [0.1, 0.15) is 50.7 Å². The Morgan fingerprint density at radius 1 is 1.04 bits per heavy atom. The van der Waals surface area contributed by atoms with Crippen LogP contribution in [0.4, 0.5) is 0 Å². The van der Waals surface area contributed by atoms with Gasteiger partial charge in [0.2, 0.25) is 17.7 Å². The molecule has 2 aromatic rings. The van der Waals surface area contributed by atoms with Crippen molar-refractivity contribution in [2.24, 2.45) is 11.8 Å². The normalized spacial score (nSPS) is 26.3. The molecule has 0 aliphatic carbocycles. The van der Waals surface area contributed by atoms with E-state index in [4.69, 9.17) is 4.74 Å². The molecule has 8 heteroatoms. The van der Waals surface area contributed by atoms with Gasteiger partial charge >= 0.3 is 0 Å². The highest BCUT2D eigenvalue weighted by Crippen LogP contribution is 2.59. The maximum absolute atomic E-state index is 14.8. The van der Waals surface area contributed by atoms with Gasteiger partial charge in [-0.1, -0.05) is 86.2 Å².